The molecule has 0 amide bonds. The monoisotopic (exact) mass is 393 g/mol. The van der Waals surface area contributed by atoms with Crippen molar-refractivity contribution in [3.05, 3.63) is 62.3 Å². The molecule has 0 heterocycles. The second-order valence-electron chi connectivity index (χ2n) is 3.84. The van der Waals surface area contributed by atoms with Crippen LogP contribution in [-0.2, 0) is 6.54 Å². The second kappa shape index (κ2) is 5.96. The van der Waals surface area contributed by atoms with Gasteiger partial charge in [-0.1, -0.05) is 15.9 Å². The maximum absolute atomic E-state index is 13.4. The van der Waals surface area contributed by atoms with Crippen molar-refractivity contribution >= 4 is 37.5 Å². The largest absolute Gasteiger partial charge is 0.380 e. The molecule has 0 bridgehead atoms. The molecule has 0 aliphatic rings. The number of rotatable bonds is 3. The van der Waals surface area contributed by atoms with Crippen molar-refractivity contribution in [1.82, 2.24) is 0 Å². The predicted octanol–water partition coefficient (Wildman–Crippen LogP) is 5.24. The van der Waals surface area contributed by atoms with Gasteiger partial charge in [0.2, 0.25) is 0 Å². The number of hydrogen-bond acceptors (Lipinski definition) is 1. The molecule has 0 unspecified atom stereocenters. The highest BCUT2D eigenvalue weighted by Gasteiger charge is 2.10. The molecule has 100 valence electrons. The van der Waals surface area contributed by atoms with E-state index in [0.29, 0.717) is 6.07 Å². The lowest BCUT2D eigenvalue weighted by atomic mass is 10.2. The lowest BCUT2D eigenvalue weighted by molar-refractivity contribution is 0.490. The van der Waals surface area contributed by atoms with E-state index in [1.807, 2.05) is 12.1 Å². The Kier molecular flexibility index (Phi) is 4.52. The first kappa shape index (κ1) is 14.4. The van der Waals surface area contributed by atoms with E-state index >= 15 is 0 Å². The molecule has 0 saturated heterocycles. The highest BCUT2D eigenvalue weighted by Crippen LogP contribution is 2.27. The minimum absolute atomic E-state index is 0.0537. The molecule has 2 rings (SSSR count). The number of hydrogen-bond donors (Lipinski definition) is 1. The zero-order valence-electron chi connectivity index (χ0n) is 9.48. The molecule has 2 aromatic carbocycles. The van der Waals surface area contributed by atoms with Gasteiger partial charge in [0.05, 0.1) is 0 Å². The maximum Gasteiger partial charge on any atom is 0.161 e. The first-order valence-electron chi connectivity index (χ1n) is 5.29. The highest BCUT2D eigenvalue weighted by atomic mass is 79.9. The molecule has 0 spiro atoms. The highest BCUT2D eigenvalue weighted by molar-refractivity contribution is 9.11. The molecule has 0 fully saturated rings. The molecule has 0 radical (unpaired) electrons. The van der Waals surface area contributed by atoms with Crippen molar-refractivity contribution in [3.8, 4) is 0 Å². The smallest absolute Gasteiger partial charge is 0.161 e. The Morgan fingerprint density at radius 2 is 1.58 bits per heavy atom. The van der Waals surface area contributed by atoms with Crippen LogP contribution in [-0.4, -0.2) is 0 Å². The van der Waals surface area contributed by atoms with Crippen LogP contribution in [0.4, 0.5) is 18.9 Å². The van der Waals surface area contributed by atoms with Gasteiger partial charge >= 0.3 is 0 Å². The van der Waals surface area contributed by atoms with Crippen molar-refractivity contribution in [1.29, 1.82) is 0 Å². The summed E-state index contributed by atoms with van der Waals surface area (Å²) in [5.74, 6) is -3.03. The normalized spacial score (nSPS) is 10.6. The molecule has 0 atom stereocenters. The Hall–Kier alpha value is -1.01. The molecule has 1 nitrogen and oxygen atoms in total. The summed E-state index contributed by atoms with van der Waals surface area (Å²) in [7, 11) is 0. The van der Waals surface area contributed by atoms with E-state index in [2.05, 4.69) is 37.2 Å². The molecule has 6 heteroatoms. The summed E-state index contributed by atoms with van der Waals surface area (Å²) in [6, 6.07) is 6.84. The van der Waals surface area contributed by atoms with E-state index in [1.54, 1.807) is 6.07 Å². The molecular weight excluding hydrogens is 387 g/mol. The Balaban J connectivity index is 2.19. The van der Waals surface area contributed by atoms with Crippen molar-refractivity contribution < 1.29 is 13.2 Å². The molecular formula is C13H8Br2F3N. The van der Waals surface area contributed by atoms with E-state index < -0.39 is 17.5 Å². The summed E-state index contributed by atoms with van der Waals surface area (Å²) in [5, 5.41) is 2.95. The van der Waals surface area contributed by atoms with Crippen LogP contribution in [0, 0.1) is 17.5 Å². The molecule has 19 heavy (non-hydrogen) atoms. The van der Waals surface area contributed by atoms with Gasteiger partial charge in [-0.3, -0.25) is 0 Å². The topological polar surface area (TPSA) is 12.0 Å². The number of nitrogens with one attached hydrogen (secondary N) is 1. The van der Waals surface area contributed by atoms with E-state index in [9.17, 15) is 13.2 Å². The molecule has 0 aliphatic carbocycles. The molecule has 0 aromatic heterocycles. The Morgan fingerprint density at radius 1 is 0.895 bits per heavy atom. The van der Waals surface area contributed by atoms with Gasteiger partial charge in [0, 0.05) is 32.8 Å². The Morgan fingerprint density at radius 3 is 2.32 bits per heavy atom. The average Bonchev–Trinajstić information content (AvgIpc) is 2.36. The van der Waals surface area contributed by atoms with Gasteiger partial charge in [0.1, 0.15) is 5.82 Å². The van der Waals surface area contributed by atoms with E-state index in [4.69, 9.17) is 0 Å². The fraction of sp³-hybridized carbons (Fsp3) is 0.0769. The van der Waals surface area contributed by atoms with Crippen LogP contribution >= 0.6 is 31.9 Å². The third-order valence-electron chi connectivity index (χ3n) is 2.49. The van der Waals surface area contributed by atoms with Crippen LogP contribution in [0.1, 0.15) is 5.56 Å². The minimum atomic E-state index is -1.19. The van der Waals surface area contributed by atoms with Gasteiger partial charge in [0.15, 0.2) is 11.6 Å². The Labute approximate surface area is 125 Å². The summed E-state index contributed by atoms with van der Waals surface area (Å²) < 4.78 is 40.9. The average molecular weight is 395 g/mol. The zero-order chi connectivity index (χ0) is 14.0. The summed E-state index contributed by atoms with van der Waals surface area (Å²) in [4.78, 5) is 0. The third-order valence-corrected chi connectivity index (χ3v) is 3.67. The standard InChI is InChI=1S/C13H8Br2F3N/c14-8-1-2-9(15)13(4-8)19-6-7-3-11(17)12(18)5-10(7)16/h1-5,19H,6H2. The lowest BCUT2D eigenvalue weighted by Gasteiger charge is -2.10. The SMILES string of the molecule is Fc1cc(F)c(CNc2cc(Br)ccc2Br)cc1F. The second-order valence-corrected chi connectivity index (χ2v) is 5.61. The lowest BCUT2D eigenvalue weighted by Crippen LogP contribution is -2.04. The van der Waals surface area contributed by atoms with Gasteiger partial charge in [-0.25, -0.2) is 13.2 Å². The number of halogens is 5. The van der Waals surface area contributed by atoms with Crippen LogP contribution in [0.15, 0.2) is 39.3 Å². The maximum atomic E-state index is 13.4. The number of anilines is 1. The van der Waals surface area contributed by atoms with Crippen molar-refractivity contribution in [3.63, 3.8) is 0 Å². The van der Waals surface area contributed by atoms with E-state index in [-0.39, 0.29) is 12.1 Å². The van der Waals surface area contributed by atoms with Gasteiger partial charge in [-0.15, -0.1) is 0 Å². The zero-order valence-corrected chi connectivity index (χ0v) is 12.7. The molecule has 0 aliphatic heterocycles. The Bertz CT molecular complexity index is 617. The van der Waals surface area contributed by atoms with E-state index in [0.717, 1.165) is 20.7 Å². The summed E-state index contributed by atoms with van der Waals surface area (Å²) in [5.41, 5.74) is 0.782. The van der Waals surface area contributed by atoms with E-state index in [1.165, 1.54) is 0 Å². The first-order chi connectivity index (χ1) is 8.97. The van der Waals surface area contributed by atoms with Crippen LogP contribution in [0.5, 0.6) is 0 Å². The summed E-state index contributed by atoms with van der Waals surface area (Å²) in [6.07, 6.45) is 0. The van der Waals surface area contributed by atoms with Gasteiger partial charge < -0.3 is 5.32 Å². The fourth-order valence-corrected chi connectivity index (χ4v) is 2.27. The van der Waals surface area contributed by atoms with Crippen LogP contribution in [0.3, 0.4) is 0 Å². The van der Waals surface area contributed by atoms with Gasteiger partial charge in [-0.2, -0.15) is 0 Å². The number of benzene rings is 2. The van der Waals surface area contributed by atoms with Crippen LogP contribution in [0.2, 0.25) is 0 Å². The van der Waals surface area contributed by atoms with Crippen molar-refractivity contribution in [2.75, 3.05) is 5.32 Å². The van der Waals surface area contributed by atoms with Gasteiger partial charge in [-0.05, 0) is 40.2 Å². The fourth-order valence-electron chi connectivity index (χ4n) is 1.52. The van der Waals surface area contributed by atoms with Gasteiger partial charge in [0.25, 0.3) is 0 Å². The molecule has 1 N–H and O–H groups in total. The summed E-state index contributed by atoms with van der Waals surface area (Å²) >= 11 is 6.65. The van der Waals surface area contributed by atoms with Crippen LogP contribution < -0.4 is 5.32 Å². The summed E-state index contributed by atoms with van der Waals surface area (Å²) in [6.45, 7) is 0.0537. The predicted molar refractivity (Wildman–Crippen MR) is 75.5 cm³/mol. The third kappa shape index (κ3) is 3.51. The quantitative estimate of drug-likeness (QED) is 0.702. The van der Waals surface area contributed by atoms with Crippen molar-refractivity contribution in [2.45, 2.75) is 6.54 Å². The van der Waals surface area contributed by atoms with Crippen molar-refractivity contribution in [2.24, 2.45) is 0 Å². The first-order valence-corrected chi connectivity index (χ1v) is 6.88. The molecule has 2 aromatic rings. The minimum Gasteiger partial charge on any atom is -0.380 e. The van der Waals surface area contributed by atoms with Crippen LogP contribution in [0.25, 0.3) is 0 Å². The molecule has 0 saturated carbocycles.